The van der Waals surface area contributed by atoms with Crippen molar-refractivity contribution in [2.75, 3.05) is 0 Å². The molecule has 0 fully saturated rings. The molecule has 2 nitrogen and oxygen atoms in total. The molecule has 1 aromatic heterocycles. The molecular formula is C16H15F5N2. The van der Waals surface area contributed by atoms with Crippen molar-refractivity contribution in [3.63, 3.8) is 0 Å². The van der Waals surface area contributed by atoms with Gasteiger partial charge in [-0.1, -0.05) is 12.1 Å². The number of hydrogen-bond donors (Lipinski definition) is 0. The number of benzene rings is 1. The Morgan fingerprint density at radius 2 is 2.00 bits per heavy atom. The molecule has 0 saturated heterocycles. The zero-order chi connectivity index (χ0) is 16.6. The summed E-state index contributed by atoms with van der Waals surface area (Å²) in [5.41, 5.74) is 0.278. The van der Waals surface area contributed by atoms with E-state index < -0.39 is 24.2 Å². The lowest BCUT2D eigenvalue weighted by molar-refractivity contribution is -0.128. The second kappa shape index (κ2) is 5.94. The van der Waals surface area contributed by atoms with Crippen LogP contribution in [0.5, 0.6) is 0 Å². The Labute approximate surface area is 130 Å². The summed E-state index contributed by atoms with van der Waals surface area (Å²) < 4.78 is 67.0. The maximum atomic E-state index is 14.0. The van der Waals surface area contributed by atoms with Gasteiger partial charge in [0.25, 0.3) is 0 Å². The Morgan fingerprint density at radius 1 is 1.22 bits per heavy atom. The smallest absolute Gasteiger partial charge is 0.331 e. The van der Waals surface area contributed by atoms with Gasteiger partial charge in [0.1, 0.15) is 5.82 Å². The lowest BCUT2D eigenvalue weighted by Gasteiger charge is -2.19. The molecule has 3 rings (SSSR count). The standard InChI is InChI=1S/C16H15F5N2/c17-13-5-2-4-12(15(13)18)10-3-1-6-14-22-8-11(23(14)9-10)7-16(19,20)21/h2,4-5,8,10H,1,3,6-7,9H2. The predicted octanol–water partition coefficient (Wildman–Crippen LogP) is 4.39. The first-order valence-corrected chi connectivity index (χ1v) is 7.39. The number of aryl methyl sites for hydroxylation is 1. The number of aromatic nitrogens is 2. The molecule has 0 saturated carbocycles. The van der Waals surface area contributed by atoms with Gasteiger partial charge in [0.2, 0.25) is 0 Å². The number of halogens is 5. The molecular weight excluding hydrogens is 315 g/mol. The Hall–Kier alpha value is -1.92. The van der Waals surface area contributed by atoms with Gasteiger partial charge in [-0.25, -0.2) is 13.8 Å². The highest BCUT2D eigenvalue weighted by Gasteiger charge is 2.32. The van der Waals surface area contributed by atoms with Crippen molar-refractivity contribution in [3.05, 3.63) is 53.1 Å². The number of hydrogen-bond acceptors (Lipinski definition) is 1. The second-order valence-electron chi connectivity index (χ2n) is 5.80. The van der Waals surface area contributed by atoms with Gasteiger partial charge in [-0.2, -0.15) is 13.2 Å². The summed E-state index contributed by atoms with van der Waals surface area (Å²) in [7, 11) is 0. The van der Waals surface area contributed by atoms with Gasteiger partial charge in [0, 0.05) is 30.8 Å². The van der Waals surface area contributed by atoms with Crippen molar-refractivity contribution in [2.24, 2.45) is 0 Å². The van der Waals surface area contributed by atoms with Crippen molar-refractivity contribution in [3.8, 4) is 0 Å². The fourth-order valence-electron chi connectivity index (χ4n) is 3.13. The van der Waals surface area contributed by atoms with E-state index in [4.69, 9.17) is 0 Å². The largest absolute Gasteiger partial charge is 0.394 e. The maximum Gasteiger partial charge on any atom is 0.394 e. The van der Waals surface area contributed by atoms with Gasteiger partial charge < -0.3 is 4.57 Å². The number of alkyl halides is 3. The van der Waals surface area contributed by atoms with E-state index in [-0.39, 0.29) is 23.7 Å². The zero-order valence-corrected chi connectivity index (χ0v) is 12.2. The zero-order valence-electron chi connectivity index (χ0n) is 12.2. The average molecular weight is 330 g/mol. The summed E-state index contributed by atoms with van der Waals surface area (Å²) in [5.74, 6) is -1.65. The molecule has 2 heterocycles. The first kappa shape index (κ1) is 16.0. The van der Waals surface area contributed by atoms with E-state index in [2.05, 4.69) is 4.98 Å². The average Bonchev–Trinajstić information content (AvgIpc) is 2.70. The third kappa shape index (κ3) is 3.38. The van der Waals surface area contributed by atoms with Gasteiger partial charge in [-0.15, -0.1) is 0 Å². The fraction of sp³-hybridized carbons (Fsp3) is 0.438. The Morgan fingerprint density at radius 3 is 2.74 bits per heavy atom. The highest BCUT2D eigenvalue weighted by Crippen LogP contribution is 2.32. The fourth-order valence-corrected chi connectivity index (χ4v) is 3.13. The molecule has 0 aliphatic carbocycles. The lowest BCUT2D eigenvalue weighted by atomic mass is 9.93. The van der Waals surface area contributed by atoms with E-state index in [1.807, 2.05) is 0 Å². The highest BCUT2D eigenvalue weighted by molar-refractivity contribution is 5.24. The van der Waals surface area contributed by atoms with E-state index in [1.54, 1.807) is 0 Å². The van der Waals surface area contributed by atoms with E-state index >= 15 is 0 Å². The van der Waals surface area contributed by atoms with Crippen LogP contribution in [0.15, 0.2) is 24.4 Å². The van der Waals surface area contributed by atoms with Crippen LogP contribution in [-0.2, 0) is 19.4 Å². The molecule has 1 aliphatic rings. The van der Waals surface area contributed by atoms with Gasteiger partial charge in [0.15, 0.2) is 11.6 Å². The predicted molar refractivity (Wildman–Crippen MR) is 74.0 cm³/mol. The van der Waals surface area contributed by atoms with Crippen LogP contribution in [0.2, 0.25) is 0 Å². The molecule has 1 aromatic carbocycles. The van der Waals surface area contributed by atoms with Crippen molar-refractivity contribution in [1.82, 2.24) is 9.55 Å². The van der Waals surface area contributed by atoms with Crippen LogP contribution in [0, 0.1) is 11.6 Å². The molecule has 0 amide bonds. The molecule has 0 N–H and O–H groups in total. The number of fused-ring (bicyclic) bond motifs is 1. The van der Waals surface area contributed by atoms with Crippen LogP contribution < -0.4 is 0 Å². The van der Waals surface area contributed by atoms with Crippen LogP contribution in [0.4, 0.5) is 22.0 Å². The van der Waals surface area contributed by atoms with E-state index in [1.165, 1.54) is 22.9 Å². The summed E-state index contributed by atoms with van der Waals surface area (Å²) in [6.07, 6.45) is -2.39. The number of rotatable bonds is 2. The van der Waals surface area contributed by atoms with Gasteiger partial charge in [-0.3, -0.25) is 0 Å². The molecule has 1 aliphatic heterocycles. The van der Waals surface area contributed by atoms with Crippen LogP contribution in [0.3, 0.4) is 0 Å². The minimum Gasteiger partial charge on any atom is -0.331 e. The topological polar surface area (TPSA) is 17.8 Å². The third-order valence-corrected chi connectivity index (χ3v) is 4.18. The Kier molecular flexibility index (Phi) is 4.12. The monoisotopic (exact) mass is 330 g/mol. The Bertz CT molecular complexity index is 705. The summed E-state index contributed by atoms with van der Waals surface area (Å²) >= 11 is 0. The van der Waals surface area contributed by atoms with Crippen LogP contribution >= 0.6 is 0 Å². The van der Waals surface area contributed by atoms with Crippen LogP contribution in [0.1, 0.15) is 35.8 Å². The number of imidazole rings is 1. The first-order valence-electron chi connectivity index (χ1n) is 7.39. The van der Waals surface area contributed by atoms with Crippen molar-refractivity contribution < 1.29 is 22.0 Å². The molecule has 1 atom stereocenters. The van der Waals surface area contributed by atoms with Crippen LogP contribution in [0.25, 0.3) is 0 Å². The normalized spacial score (nSPS) is 18.6. The quantitative estimate of drug-likeness (QED) is 0.747. The van der Waals surface area contributed by atoms with E-state index in [9.17, 15) is 22.0 Å². The van der Waals surface area contributed by atoms with Crippen molar-refractivity contribution >= 4 is 0 Å². The number of nitrogens with zero attached hydrogens (tertiary/aromatic N) is 2. The minimum absolute atomic E-state index is 0.0659. The van der Waals surface area contributed by atoms with Gasteiger partial charge >= 0.3 is 6.18 Å². The van der Waals surface area contributed by atoms with E-state index in [0.717, 1.165) is 6.07 Å². The minimum atomic E-state index is -4.33. The van der Waals surface area contributed by atoms with Gasteiger partial charge in [0.05, 0.1) is 6.42 Å². The molecule has 23 heavy (non-hydrogen) atoms. The molecule has 124 valence electrons. The lowest BCUT2D eigenvalue weighted by Crippen LogP contribution is -2.18. The molecule has 2 aromatic rings. The van der Waals surface area contributed by atoms with E-state index in [0.29, 0.717) is 25.1 Å². The molecule has 1 unspecified atom stereocenters. The van der Waals surface area contributed by atoms with Crippen LogP contribution in [-0.4, -0.2) is 15.7 Å². The third-order valence-electron chi connectivity index (χ3n) is 4.18. The second-order valence-corrected chi connectivity index (χ2v) is 5.80. The SMILES string of the molecule is Fc1cccc(C2CCCc3ncc(CC(F)(F)F)n3C2)c1F. The summed E-state index contributed by atoms with van der Waals surface area (Å²) in [6, 6.07) is 3.95. The first-order chi connectivity index (χ1) is 10.8. The summed E-state index contributed by atoms with van der Waals surface area (Å²) in [5, 5.41) is 0. The summed E-state index contributed by atoms with van der Waals surface area (Å²) in [4.78, 5) is 4.06. The molecule has 0 spiro atoms. The summed E-state index contributed by atoms with van der Waals surface area (Å²) in [6.45, 7) is 0.182. The molecule has 0 radical (unpaired) electrons. The van der Waals surface area contributed by atoms with Crippen molar-refractivity contribution in [2.45, 2.75) is 44.3 Å². The highest BCUT2D eigenvalue weighted by atomic mass is 19.4. The molecule has 0 bridgehead atoms. The maximum absolute atomic E-state index is 14.0. The molecule has 7 heteroatoms. The Balaban J connectivity index is 1.94. The van der Waals surface area contributed by atoms with Crippen molar-refractivity contribution in [1.29, 1.82) is 0 Å². The van der Waals surface area contributed by atoms with Gasteiger partial charge in [-0.05, 0) is 24.5 Å².